The van der Waals surface area contributed by atoms with E-state index in [-0.39, 0.29) is 5.92 Å². The monoisotopic (exact) mass is 384 g/mol. The molecule has 0 saturated heterocycles. The topological polar surface area (TPSA) is 70.3 Å². The number of nitriles is 1. The van der Waals surface area contributed by atoms with E-state index in [0.717, 1.165) is 37.0 Å². The van der Waals surface area contributed by atoms with Gasteiger partial charge >= 0.3 is 0 Å². The second-order valence-corrected chi connectivity index (χ2v) is 11.5. The molecule has 2 aliphatic rings. The Balaban J connectivity index is 1.62. The van der Waals surface area contributed by atoms with Gasteiger partial charge in [-0.15, -0.1) is 0 Å². The van der Waals surface area contributed by atoms with Gasteiger partial charge in [0.25, 0.3) is 0 Å². The Morgan fingerprint density at radius 1 is 1.15 bits per heavy atom. The van der Waals surface area contributed by atoms with Crippen molar-refractivity contribution >= 4 is 15.5 Å². The molecule has 1 aromatic carbocycles. The summed E-state index contributed by atoms with van der Waals surface area (Å²) in [6, 6.07) is 9.82. The number of allylic oxidation sites excluding steroid dienone is 1. The van der Waals surface area contributed by atoms with Gasteiger partial charge in [0, 0.05) is 5.56 Å². The Bertz CT molecular complexity index is 906. The maximum absolute atomic E-state index is 12.5. The number of hydrogen-bond acceptors (Lipinski definition) is 4. The first kappa shape index (κ1) is 19.8. The molecule has 0 aromatic heterocycles. The van der Waals surface area contributed by atoms with Crippen molar-refractivity contribution in [3.05, 3.63) is 47.0 Å². The van der Waals surface area contributed by atoms with Crippen molar-refractivity contribution in [2.24, 2.45) is 16.8 Å². The third-order valence-corrected chi connectivity index (χ3v) is 8.61. The number of sulfone groups is 1. The highest BCUT2D eigenvalue weighted by molar-refractivity contribution is 7.92. The van der Waals surface area contributed by atoms with Gasteiger partial charge < -0.3 is 0 Å². The van der Waals surface area contributed by atoms with Crippen molar-refractivity contribution in [2.45, 2.75) is 51.2 Å². The van der Waals surface area contributed by atoms with Crippen molar-refractivity contribution < 1.29 is 8.42 Å². The van der Waals surface area contributed by atoms with Gasteiger partial charge in [-0.2, -0.15) is 5.26 Å². The minimum Gasteiger partial charge on any atom is -0.280 e. The van der Waals surface area contributed by atoms with Crippen molar-refractivity contribution in [2.75, 3.05) is 12.3 Å². The van der Waals surface area contributed by atoms with E-state index in [4.69, 9.17) is 0 Å². The zero-order chi connectivity index (χ0) is 19.7. The highest BCUT2D eigenvalue weighted by atomic mass is 32.2. The first-order chi connectivity index (χ1) is 12.7. The third kappa shape index (κ3) is 4.32. The normalized spacial score (nSPS) is 23.5. The second-order valence-electron chi connectivity index (χ2n) is 8.69. The summed E-state index contributed by atoms with van der Waals surface area (Å²) in [5.41, 5.74) is 3.79. The van der Waals surface area contributed by atoms with Crippen molar-refractivity contribution in [1.82, 2.24) is 0 Å². The van der Waals surface area contributed by atoms with Crippen LogP contribution >= 0.6 is 0 Å². The first-order valence-corrected chi connectivity index (χ1v) is 11.3. The summed E-state index contributed by atoms with van der Waals surface area (Å²) in [4.78, 5) is 4.66. The van der Waals surface area contributed by atoms with Gasteiger partial charge in [-0.25, -0.2) is 8.42 Å². The summed E-state index contributed by atoms with van der Waals surface area (Å²) in [6.45, 7) is 6.06. The van der Waals surface area contributed by atoms with Gasteiger partial charge in [-0.05, 0) is 76.0 Å². The molecule has 1 aliphatic heterocycles. The lowest BCUT2D eigenvalue weighted by molar-refractivity contribution is 0.319. The molecule has 1 aromatic rings. The van der Waals surface area contributed by atoms with Gasteiger partial charge in [0.1, 0.15) is 0 Å². The van der Waals surface area contributed by atoms with Crippen LogP contribution in [0.4, 0.5) is 0 Å². The zero-order valence-corrected chi connectivity index (χ0v) is 17.2. The molecule has 0 unspecified atom stereocenters. The molecule has 0 amide bonds. The predicted octanol–water partition coefficient (Wildman–Crippen LogP) is 4.31. The van der Waals surface area contributed by atoms with E-state index in [0.29, 0.717) is 23.8 Å². The molecule has 144 valence electrons. The Labute approximate surface area is 162 Å². The molecular formula is C22H28N2O2S. The average molecular weight is 385 g/mol. The summed E-state index contributed by atoms with van der Waals surface area (Å²) in [6.07, 6.45) is 6.12. The van der Waals surface area contributed by atoms with Gasteiger partial charge in [0.2, 0.25) is 0 Å². The molecule has 1 saturated carbocycles. The molecule has 1 fully saturated rings. The molecule has 0 radical (unpaired) electrons. The lowest BCUT2D eigenvalue weighted by atomic mass is 9.79. The van der Waals surface area contributed by atoms with Crippen LogP contribution in [0.1, 0.15) is 57.6 Å². The number of benzene rings is 1. The van der Waals surface area contributed by atoms with Crippen molar-refractivity contribution in [1.29, 1.82) is 5.26 Å². The minimum atomic E-state index is -3.05. The fraction of sp³-hybridized carbons (Fsp3) is 0.545. The van der Waals surface area contributed by atoms with Crippen LogP contribution in [0.25, 0.3) is 0 Å². The van der Waals surface area contributed by atoms with Crippen LogP contribution in [0, 0.1) is 23.2 Å². The van der Waals surface area contributed by atoms with E-state index < -0.39 is 14.6 Å². The number of aliphatic imine (C=N–C) groups is 1. The number of rotatable bonds is 4. The molecule has 0 bridgehead atoms. The van der Waals surface area contributed by atoms with E-state index in [1.54, 1.807) is 20.8 Å². The van der Waals surface area contributed by atoms with Crippen LogP contribution in [0.5, 0.6) is 0 Å². The van der Waals surface area contributed by atoms with E-state index in [1.165, 1.54) is 5.57 Å². The van der Waals surface area contributed by atoms with Crippen molar-refractivity contribution in [3.8, 4) is 6.07 Å². The average Bonchev–Trinajstić information content (AvgIpc) is 3.11. The Kier molecular flexibility index (Phi) is 5.58. The van der Waals surface area contributed by atoms with Gasteiger partial charge in [-0.3, -0.25) is 4.99 Å². The smallest absolute Gasteiger partial charge is 0.155 e. The van der Waals surface area contributed by atoms with E-state index in [9.17, 15) is 13.7 Å². The first-order valence-electron chi connectivity index (χ1n) is 9.68. The molecule has 0 atom stereocenters. The van der Waals surface area contributed by atoms with Gasteiger partial charge in [0.05, 0.1) is 34.4 Å². The SMILES string of the molecule is CC(C)(C)S(=O)(=O)CC1CCC(C2=CC(c3ccccc3C#N)=NC2)CC1. The minimum absolute atomic E-state index is 0.271. The largest absolute Gasteiger partial charge is 0.280 e. The molecule has 0 N–H and O–H groups in total. The summed E-state index contributed by atoms with van der Waals surface area (Å²) in [5.74, 6) is 1.06. The van der Waals surface area contributed by atoms with Crippen LogP contribution in [-0.4, -0.2) is 31.2 Å². The second kappa shape index (κ2) is 7.59. The standard InChI is InChI=1S/C22H28N2O2S/c1-22(2,3)27(25,26)15-16-8-10-17(11-9-16)19-12-21(24-14-19)20-7-5-4-6-18(20)13-23/h4-7,12,16-17H,8-11,14-15H2,1-3H3. The Morgan fingerprint density at radius 3 is 2.44 bits per heavy atom. The van der Waals surface area contributed by atoms with Crippen LogP contribution in [-0.2, 0) is 9.84 Å². The Morgan fingerprint density at radius 2 is 1.81 bits per heavy atom. The predicted molar refractivity (Wildman–Crippen MR) is 110 cm³/mol. The van der Waals surface area contributed by atoms with E-state index in [2.05, 4.69) is 17.1 Å². The molecular weight excluding hydrogens is 356 g/mol. The van der Waals surface area contributed by atoms with Crippen molar-refractivity contribution in [3.63, 3.8) is 0 Å². The summed E-state index contributed by atoms with van der Waals surface area (Å²) in [7, 11) is -3.05. The maximum Gasteiger partial charge on any atom is 0.155 e. The van der Waals surface area contributed by atoms with E-state index >= 15 is 0 Å². The van der Waals surface area contributed by atoms with E-state index in [1.807, 2.05) is 24.3 Å². The van der Waals surface area contributed by atoms with Gasteiger partial charge in [0.15, 0.2) is 9.84 Å². The Hall–Kier alpha value is -1.93. The van der Waals surface area contributed by atoms with Crippen LogP contribution in [0.3, 0.4) is 0 Å². The zero-order valence-electron chi connectivity index (χ0n) is 16.4. The highest BCUT2D eigenvalue weighted by Crippen LogP contribution is 2.36. The summed E-state index contributed by atoms with van der Waals surface area (Å²) < 4.78 is 24.3. The molecule has 27 heavy (non-hydrogen) atoms. The summed E-state index contributed by atoms with van der Waals surface area (Å²) in [5, 5.41) is 9.30. The third-order valence-electron chi connectivity index (χ3n) is 5.84. The van der Waals surface area contributed by atoms with Crippen LogP contribution in [0.2, 0.25) is 0 Å². The lowest BCUT2D eigenvalue weighted by Crippen LogP contribution is -2.34. The maximum atomic E-state index is 12.5. The molecule has 1 heterocycles. The van der Waals surface area contributed by atoms with Gasteiger partial charge in [-0.1, -0.05) is 18.2 Å². The number of nitrogens with zero attached hydrogens (tertiary/aromatic N) is 2. The fourth-order valence-corrected chi connectivity index (χ4v) is 5.37. The summed E-state index contributed by atoms with van der Waals surface area (Å²) >= 11 is 0. The lowest BCUT2D eigenvalue weighted by Gasteiger charge is -2.31. The van der Waals surface area contributed by atoms with Crippen LogP contribution in [0.15, 0.2) is 40.9 Å². The number of hydrogen-bond donors (Lipinski definition) is 0. The molecule has 3 rings (SSSR count). The van der Waals surface area contributed by atoms with Crippen LogP contribution < -0.4 is 0 Å². The molecule has 0 spiro atoms. The molecule has 5 heteroatoms. The molecule has 1 aliphatic carbocycles. The highest BCUT2D eigenvalue weighted by Gasteiger charge is 2.34. The quantitative estimate of drug-likeness (QED) is 0.777. The molecule has 4 nitrogen and oxygen atoms in total. The fourth-order valence-electron chi connectivity index (χ4n) is 3.92.